The van der Waals surface area contributed by atoms with Crippen molar-refractivity contribution in [2.45, 2.75) is 0 Å². The van der Waals surface area contributed by atoms with E-state index in [9.17, 15) is 4.79 Å². The number of amides is 1. The van der Waals surface area contributed by atoms with Crippen LogP contribution in [0.4, 0.5) is 5.69 Å². The van der Waals surface area contributed by atoms with Crippen LogP contribution < -0.4 is 5.32 Å². The van der Waals surface area contributed by atoms with Gasteiger partial charge in [0.2, 0.25) is 0 Å². The molecule has 1 N–H and O–H groups in total. The maximum atomic E-state index is 12.2. The van der Waals surface area contributed by atoms with E-state index in [1.54, 1.807) is 60.9 Å². The Morgan fingerprint density at radius 1 is 1.12 bits per heavy atom. The summed E-state index contributed by atoms with van der Waals surface area (Å²) in [5.74, 6) is -0.358. The molecule has 3 rings (SSSR count). The summed E-state index contributed by atoms with van der Waals surface area (Å²) in [6.45, 7) is 0. The van der Waals surface area contributed by atoms with E-state index < -0.39 is 0 Å². The molecular formula is C18H11ClN4O. The SMILES string of the molecule is N#Cc1cccc(NC(=O)c2ccc(-c3ncccc3Cl)cn2)c1. The molecule has 0 aliphatic rings. The molecule has 24 heavy (non-hydrogen) atoms. The number of anilines is 1. The van der Waals surface area contributed by atoms with E-state index in [0.717, 1.165) is 5.56 Å². The monoisotopic (exact) mass is 334 g/mol. The van der Waals surface area contributed by atoms with Crippen LogP contribution in [-0.4, -0.2) is 15.9 Å². The van der Waals surface area contributed by atoms with Crippen molar-refractivity contribution in [2.24, 2.45) is 0 Å². The fraction of sp³-hybridized carbons (Fsp3) is 0. The summed E-state index contributed by atoms with van der Waals surface area (Å²) in [5.41, 5.74) is 2.61. The fourth-order valence-corrected chi connectivity index (χ4v) is 2.36. The molecule has 0 aliphatic carbocycles. The quantitative estimate of drug-likeness (QED) is 0.787. The van der Waals surface area contributed by atoms with Gasteiger partial charge < -0.3 is 5.32 Å². The lowest BCUT2D eigenvalue weighted by atomic mass is 10.1. The molecule has 0 unspecified atom stereocenters. The number of nitrogens with zero attached hydrogens (tertiary/aromatic N) is 3. The Kier molecular flexibility index (Phi) is 4.50. The van der Waals surface area contributed by atoms with Crippen LogP contribution in [0.25, 0.3) is 11.3 Å². The highest BCUT2D eigenvalue weighted by Crippen LogP contribution is 2.24. The Morgan fingerprint density at radius 3 is 2.71 bits per heavy atom. The van der Waals surface area contributed by atoms with E-state index in [-0.39, 0.29) is 11.6 Å². The molecular weight excluding hydrogens is 324 g/mol. The van der Waals surface area contributed by atoms with Gasteiger partial charge in [0.05, 0.1) is 22.3 Å². The van der Waals surface area contributed by atoms with Crippen LogP contribution in [0, 0.1) is 11.3 Å². The molecule has 0 saturated carbocycles. The number of pyridine rings is 2. The average Bonchev–Trinajstić information content (AvgIpc) is 2.62. The van der Waals surface area contributed by atoms with E-state index in [1.807, 2.05) is 6.07 Å². The van der Waals surface area contributed by atoms with Gasteiger partial charge in [0.25, 0.3) is 5.91 Å². The number of halogens is 1. The highest BCUT2D eigenvalue weighted by atomic mass is 35.5. The molecule has 1 amide bonds. The molecule has 5 nitrogen and oxygen atoms in total. The zero-order valence-electron chi connectivity index (χ0n) is 12.4. The van der Waals surface area contributed by atoms with Gasteiger partial charge in [0.1, 0.15) is 5.69 Å². The van der Waals surface area contributed by atoms with Crippen molar-refractivity contribution >= 4 is 23.2 Å². The Labute approximate surface area is 143 Å². The molecule has 0 fully saturated rings. The molecule has 0 bridgehead atoms. The zero-order chi connectivity index (χ0) is 16.9. The lowest BCUT2D eigenvalue weighted by Crippen LogP contribution is -2.13. The molecule has 2 aromatic heterocycles. The van der Waals surface area contributed by atoms with E-state index in [1.165, 1.54) is 0 Å². The van der Waals surface area contributed by atoms with E-state index in [2.05, 4.69) is 15.3 Å². The van der Waals surface area contributed by atoms with Gasteiger partial charge in [-0.2, -0.15) is 5.26 Å². The summed E-state index contributed by atoms with van der Waals surface area (Å²) in [6.07, 6.45) is 3.19. The third-order valence-corrected chi connectivity index (χ3v) is 3.58. The van der Waals surface area contributed by atoms with Crippen molar-refractivity contribution < 1.29 is 4.79 Å². The first-order chi connectivity index (χ1) is 11.7. The molecule has 0 radical (unpaired) electrons. The minimum Gasteiger partial charge on any atom is -0.321 e. The van der Waals surface area contributed by atoms with E-state index in [4.69, 9.17) is 16.9 Å². The Bertz CT molecular complexity index is 932. The molecule has 0 saturated heterocycles. The highest BCUT2D eigenvalue weighted by Gasteiger charge is 2.10. The maximum Gasteiger partial charge on any atom is 0.274 e. The standard InChI is InChI=1S/C18H11ClN4O/c19-15-5-2-8-21-17(15)13-6-7-16(22-11-13)18(24)23-14-4-1-3-12(9-14)10-20/h1-9,11H,(H,23,24). The molecule has 0 atom stereocenters. The van der Waals surface area contributed by atoms with Crippen LogP contribution in [0.1, 0.15) is 16.1 Å². The molecule has 6 heteroatoms. The number of benzene rings is 1. The number of carbonyl (C=O) groups excluding carboxylic acids is 1. The molecule has 3 aromatic rings. The second-order valence-corrected chi connectivity index (χ2v) is 5.32. The maximum absolute atomic E-state index is 12.2. The molecule has 116 valence electrons. The van der Waals surface area contributed by atoms with Crippen molar-refractivity contribution in [3.8, 4) is 17.3 Å². The van der Waals surface area contributed by atoms with Gasteiger partial charge in [-0.05, 0) is 42.5 Å². The number of carbonyl (C=O) groups is 1. The van der Waals surface area contributed by atoms with Crippen molar-refractivity contribution in [1.82, 2.24) is 9.97 Å². The number of nitriles is 1. The largest absolute Gasteiger partial charge is 0.321 e. The van der Waals surface area contributed by atoms with Crippen LogP contribution in [0.15, 0.2) is 60.9 Å². The molecule has 0 aliphatic heterocycles. The third kappa shape index (κ3) is 3.40. The summed E-state index contributed by atoms with van der Waals surface area (Å²) in [7, 11) is 0. The predicted molar refractivity (Wildman–Crippen MR) is 91.6 cm³/mol. The average molecular weight is 335 g/mol. The zero-order valence-corrected chi connectivity index (χ0v) is 13.2. The molecule has 2 heterocycles. The minimum atomic E-state index is -0.358. The van der Waals surface area contributed by atoms with Crippen LogP contribution in [-0.2, 0) is 0 Å². The molecule has 1 aromatic carbocycles. The van der Waals surface area contributed by atoms with Gasteiger partial charge in [-0.1, -0.05) is 17.7 Å². The number of hydrogen-bond acceptors (Lipinski definition) is 4. The number of hydrogen-bond donors (Lipinski definition) is 1. The third-order valence-electron chi connectivity index (χ3n) is 3.28. The highest BCUT2D eigenvalue weighted by molar-refractivity contribution is 6.33. The lowest BCUT2D eigenvalue weighted by molar-refractivity contribution is 0.102. The number of rotatable bonds is 3. The normalized spacial score (nSPS) is 10.0. The smallest absolute Gasteiger partial charge is 0.274 e. The summed E-state index contributed by atoms with van der Waals surface area (Å²) >= 11 is 6.10. The van der Waals surface area contributed by atoms with Crippen molar-refractivity contribution in [2.75, 3.05) is 5.32 Å². The van der Waals surface area contributed by atoms with Crippen LogP contribution in [0.2, 0.25) is 5.02 Å². The summed E-state index contributed by atoms with van der Waals surface area (Å²) in [4.78, 5) is 20.6. The first kappa shape index (κ1) is 15.7. The van der Waals surface area contributed by atoms with E-state index >= 15 is 0 Å². The van der Waals surface area contributed by atoms with Crippen LogP contribution in [0.3, 0.4) is 0 Å². The van der Waals surface area contributed by atoms with Crippen molar-refractivity contribution in [3.63, 3.8) is 0 Å². The van der Waals surface area contributed by atoms with Crippen LogP contribution >= 0.6 is 11.6 Å². The predicted octanol–water partition coefficient (Wildman–Crippen LogP) is 3.92. The van der Waals surface area contributed by atoms with Gasteiger partial charge in [-0.15, -0.1) is 0 Å². The van der Waals surface area contributed by atoms with E-state index in [0.29, 0.717) is 22.0 Å². The summed E-state index contributed by atoms with van der Waals surface area (Å²) in [6, 6.07) is 15.5. The molecule has 0 spiro atoms. The van der Waals surface area contributed by atoms with Gasteiger partial charge in [-0.25, -0.2) is 0 Å². The Hall–Kier alpha value is -3.23. The fourth-order valence-electron chi connectivity index (χ4n) is 2.13. The topological polar surface area (TPSA) is 78.7 Å². The Balaban J connectivity index is 1.79. The second-order valence-electron chi connectivity index (χ2n) is 4.91. The van der Waals surface area contributed by atoms with Crippen molar-refractivity contribution in [3.05, 3.63) is 77.2 Å². The summed E-state index contributed by atoms with van der Waals surface area (Å²) in [5, 5.41) is 12.1. The van der Waals surface area contributed by atoms with Crippen molar-refractivity contribution in [1.29, 1.82) is 5.26 Å². The van der Waals surface area contributed by atoms with Gasteiger partial charge >= 0.3 is 0 Å². The van der Waals surface area contributed by atoms with Gasteiger partial charge in [-0.3, -0.25) is 14.8 Å². The first-order valence-corrected chi connectivity index (χ1v) is 7.43. The summed E-state index contributed by atoms with van der Waals surface area (Å²) < 4.78 is 0. The minimum absolute atomic E-state index is 0.258. The second kappa shape index (κ2) is 6.90. The van der Waals surface area contributed by atoms with Gasteiger partial charge in [0, 0.05) is 23.6 Å². The first-order valence-electron chi connectivity index (χ1n) is 7.06. The van der Waals surface area contributed by atoms with Crippen LogP contribution in [0.5, 0.6) is 0 Å². The Morgan fingerprint density at radius 2 is 2.00 bits per heavy atom. The van der Waals surface area contributed by atoms with Gasteiger partial charge in [0.15, 0.2) is 0 Å². The lowest BCUT2D eigenvalue weighted by Gasteiger charge is -2.06. The number of aromatic nitrogens is 2. The number of nitrogens with one attached hydrogen (secondary N) is 1.